The van der Waals surface area contributed by atoms with Gasteiger partial charge < -0.3 is 11.9 Å². The van der Waals surface area contributed by atoms with Crippen LogP contribution in [0.15, 0.2) is 17.2 Å². The molecule has 0 aliphatic rings. The Labute approximate surface area is 54.9 Å². The number of hydrogen-bond donors (Lipinski definition) is 0. The monoisotopic (exact) mass is 188 g/mol. The Kier molecular flexibility index (Phi) is 8.15. The van der Waals surface area contributed by atoms with Crippen LogP contribution in [-0.4, -0.2) is 10.1 Å². The van der Waals surface area contributed by atoms with Crippen LogP contribution in [0.1, 0.15) is 0 Å². The van der Waals surface area contributed by atoms with Gasteiger partial charge in [0.25, 0.3) is 0 Å². The minimum absolute atomic E-state index is 0. The molecule has 0 aromatic carbocycles. The minimum Gasteiger partial charge on any atom is -0.358 e. The van der Waals surface area contributed by atoms with Crippen LogP contribution < -0.4 is 0 Å². The first kappa shape index (κ1) is 9.90. The van der Waals surface area contributed by atoms with Gasteiger partial charge in [-0.15, -0.1) is 0 Å². The van der Waals surface area contributed by atoms with Crippen molar-refractivity contribution in [3.05, 3.63) is 20.1 Å². The summed E-state index contributed by atoms with van der Waals surface area (Å²) in [6, 6.07) is 0. The molecular weight excluding hydrogens is 183 g/mol. The van der Waals surface area contributed by atoms with Gasteiger partial charge in [-0.25, -0.2) is 4.98 Å². The van der Waals surface area contributed by atoms with Crippen LogP contribution in [0.4, 0.5) is 0 Å². The summed E-state index contributed by atoms with van der Waals surface area (Å²) in [6.45, 7) is 0. The SMILES string of the molecule is [CH3-].[Rh].c1ncon1. The molecule has 7 heavy (non-hydrogen) atoms. The van der Waals surface area contributed by atoms with Gasteiger partial charge in [0.1, 0.15) is 0 Å². The first-order valence-corrected chi connectivity index (χ1v) is 1.19. The van der Waals surface area contributed by atoms with Crippen molar-refractivity contribution in [2.45, 2.75) is 0 Å². The third kappa shape index (κ3) is 3.60. The molecule has 0 atom stereocenters. The Morgan fingerprint density at radius 1 is 1.43 bits per heavy atom. The van der Waals surface area contributed by atoms with Crippen LogP contribution in [0.2, 0.25) is 0 Å². The first-order chi connectivity index (χ1) is 2.50. The standard InChI is InChI=1S/C2H2N2O.CH3.Rh/c1-3-2-5-4-1;;/h1-2H;1H3;/q;-1;. The smallest absolute Gasteiger partial charge is 0.213 e. The molecule has 0 bridgehead atoms. The molecule has 0 aliphatic carbocycles. The van der Waals surface area contributed by atoms with E-state index >= 15 is 0 Å². The number of rotatable bonds is 0. The van der Waals surface area contributed by atoms with Crippen molar-refractivity contribution in [1.29, 1.82) is 0 Å². The van der Waals surface area contributed by atoms with Gasteiger partial charge in [0.2, 0.25) is 6.39 Å². The van der Waals surface area contributed by atoms with Gasteiger partial charge in [-0.1, -0.05) is 5.16 Å². The minimum atomic E-state index is 0. The van der Waals surface area contributed by atoms with Crippen molar-refractivity contribution in [2.75, 3.05) is 0 Å². The number of nitrogens with zero attached hydrogens (tertiary/aromatic N) is 2. The second-order valence-electron chi connectivity index (χ2n) is 0.581. The summed E-state index contributed by atoms with van der Waals surface area (Å²) >= 11 is 0. The summed E-state index contributed by atoms with van der Waals surface area (Å²) in [6.07, 6.45) is 2.60. The third-order valence-corrected chi connectivity index (χ3v) is 0.283. The molecular formula is C3H5N2ORh-. The van der Waals surface area contributed by atoms with E-state index in [1.807, 2.05) is 0 Å². The van der Waals surface area contributed by atoms with E-state index in [4.69, 9.17) is 0 Å². The summed E-state index contributed by atoms with van der Waals surface area (Å²) in [5, 5.41) is 3.24. The van der Waals surface area contributed by atoms with Gasteiger partial charge in [0.15, 0.2) is 6.33 Å². The average molecular weight is 188 g/mol. The van der Waals surface area contributed by atoms with Gasteiger partial charge >= 0.3 is 0 Å². The fourth-order valence-electron chi connectivity index (χ4n) is 0.136. The molecule has 0 saturated heterocycles. The molecule has 3 nitrogen and oxygen atoms in total. The quantitative estimate of drug-likeness (QED) is 0.440. The summed E-state index contributed by atoms with van der Waals surface area (Å²) < 4.78 is 4.22. The Morgan fingerprint density at radius 3 is 2.29 bits per heavy atom. The Bertz CT molecular complexity index is 69.4. The molecule has 4 heteroatoms. The van der Waals surface area contributed by atoms with Crippen LogP contribution in [0.5, 0.6) is 0 Å². The predicted molar refractivity (Wildman–Crippen MR) is 20.7 cm³/mol. The van der Waals surface area contributed by atoms with Gasteiger partial charge in [-0.3, -0.25) is 0 Å². The zero-order chi connectivity index (χ0) is 3.54. The fourth-order valence-corrected chi connectivity index (χ4v) is 0.136. The molecule has 1 rings (SSSR count). The fraction of sp³-hybridized carbons (Fsp3) is 0. The maximum absolute atomic E-state index is 4.22. The molecule has 43 valence electrons. The van der Waals surface area contributed by atoms with E-state index in [1.165, 1.54) is 12.7 Å². The van der Waals surface area contributed by atoms with Gasteiger partial charge in [-0.2, -0.15) is 0 Å². The zero-order valence-corrected chi connectivity index (χ0v) is 5.43. The van der Waals surface area contributed by atoms with Crippen LogP contribution in [0.25, 0.3) is 0 Å². The molecule has 0 amide bonds. The van der Waals surface area contributed by atoms with E-state index in [1.54, 1.807) is 0 Å². The van der Waals surface area contributed by atoms with E-state index in [9.17, 15) is 0 Å². The zero-order valence-electron chi connectivity index (χ0n) is 3.79. The normalized spacial score (nSPS) is 5.71. The van der Waals surface area contributed by atoms with Crippen molar-refractivity contribution in [1.82, 2.24) is 10.1 Å². The predicted octanol–water partition coefficient (Wildman–Crippen LogP) is 0.517. The molecule has 0 fully saturated rings. The maximum atomic E-state index is 4.22. The van der Waals surface area contributed by atoms with Crippen molar-refractivity contribution in [3.63, 3.8) is 0 Å². The topological polar surface area (TPSA) is 38.9 Å². The molecule has 0 saturated carbocycles. The van der Waals surface area contributed by atoms with Crippen molar-refractivity contribution < 1.29 is 24.0 Å². The largest absolute Gasteiger partial charge is 0.358 e. The van der Waals surface area contributed by atoms with E-state index in [-0.39, 0.29) is 26.9 Å². The van der Waals surface area contributed by atoms with Crippen molar-refractivity contribution in [3.8, 4) is 0 Å². The maximum Gasteiger partial charge on any atom is 0.213 e. The molecule has 1 aromatic rings. The summed E-state index contributed by atoms with van der Waals surface area (Å²) in [4.78, 5) is 3.44. The summed E-state index contributed by atoms with van der Waals surface area (Å²) in [5.74, 6) is 0. The van der Waals surface area contributed by atoms with Crippen LogP contribution in [0, 0.1) is 7.43 Å². The van der Waals surface area contributed by atoms with E-state index in [0.717, 1.165) is 0 Å². The van der Waals surface area contributed by atoms with Crippen LogP contribution in [-0.2, 0) is 19.5 Å². The van der Waals surface area contributed by atoms with E-state index in [2.05, 4.69) is 14.7 Å². The molecule has 0 N–H and O–H groups in total. The number of hydrogen-bond acceptors (Lipinski definition) is 3. The van der Waals surface area contributed by atoms with Crippen LogP contribution in [0.3, 0.4) is 0 Å². The van der Waals surface area contributed by atoms with Gasteiger partial charge in [0, 0.05) is 19.5 Å². The van der Waals surface area contributed by atoms with Crippen molar-refractivity contribution >= 4 is 0 Å². The number of aromatic nitrogens is 2. The second kappa shape index (κ2) is 5.76. The Hall–Kier alpha value is -0.237. The molecule has 1 aromatic heterocycles. The average Bonchev–Trinajstić information content (AvgIpc) is 1.76. The van der Waals surface area contributed by atoms with Crippen LogP contribution >= 0.6 is 0 Å². The van der Waals surface area contributed by atoms with Crippen molar-refractivity contribution in [2.24, 2.45) is 0 Å². The van der Waals surface area contributed by atoms with Gasteiger partial charge in [0.05, 0.1) is 0 Å². The van der Waals surface area contributed by atoms with E-state index in [0.29, 0.717) is 0 Å². The molecule has 0 aliphatic heterocycles. The second-order valence-corrected chi connectivity index (χ2v) is 0.581. The third-order valence-electron chi connectivity index (χ3n) is 0.283. The Balaban J connectivity index is 0. The molecule has 0 spiro atoms. The molecule has 1 heterocycles. The summed E-state index contributed by atoms with van der Waals surface area (Å²) in [5.41, 5.74) is 0. The Morgan fingerprint density at radius 2 is 2.14 bits per heavy atom. The molecule has 1 radical (unpaired) electrons. The molecule has 0 unspecified atom stereocenters. The summed E-state index contributed by atoms with van der Waals surface area (Å²) in [7, 11) is 0. The van der Waals surface area contributed by atoms with E-state index < -0.39 is 0 Å². The first-order valence-electron chi connectivity index (χ1n) is 1.19. The van der Waals surface area contributed by atoms with Gasteiger partial charge in [-0.05, 0) is 0 Å².